The fourth-order valence-electron chi connectivity index (χ4n) is 0.736. The number of rotatable bonds is 1. The summed E-state index contributed by atoms with van der Waals surface area (Å²) >= 11 is 0. The van der Waals surface area contributed by atoms with Crippen molar-refractivity contribution in [2.24, 2.45) is 9.98 Å². The summed E-state index contributed by atoms with van der Waals surface area (Å²) in [6.07, 6.45) is 4.62. The Morgan fingerprint density at radius 1 is 1.78 bits per heavy atom. The minimum atomic E-state index is 0.887. The SMILES string of the molecule is CC=NC1=C(C)CC=N1. The van der Waals surface area contributed by atoms with Crippen molar-refractivity contribution >= 4 is 12.4 Å². The van der Waals surface area contributed by atoms with E-state index in [2.05, 4.69) is 16.9 Å². The first-order valence-corrected chi connectivity index (χ1v) is 3.05. The van der Waals surface area contributed by atoms with Crippen LogP contribution in [0.5, 0.6) is 0 Å². The molecular formula is C7H10N2. The predicted molar refractivity (Wildman–Crippen MR) is 40.0 cm³/mol. The molecule has 9 heavy (non-hydrogen) atoms. The Balaban J connectivity index is 2.77. The van der Waals surface area contributed by atoms with Crippen molar-refractivity contribution < 1.29 is 0 Å². The lowest BCUT2D eigenvalue weighted by Gasteiger charge is -1.88. The third-order valence-corrected chi connectivity index (χ3v) is 1.24. The number of hydrogen-bond donors (Lipinski definition) is 0. The second-order valence-corrected chi connectivity index (χ2v) is 2.01. The molecule has 0 radical (unpaired) electrons. The summed E-state index contributed by atoms with van der Waals surface area (Å²) in [5, 5.41) is 0. The third kappa shape index (κ3) is 1.25. The van der Waals surface area contributed by atoms with Crippen LogP contribution in [0, 0.1) is 0 Å². The molecule has 1 aliphatic rings. The van der Waals surface area contributed by atoms with Crippen LogP contribution in [-0.4, -0.2) is 12.4 Å². The highest BCUT2D eigenvalue weighted by Crippen LogP contribution is 2.14. The molecule has 0 aromatic heterocycles. The molecule has 1 rings (SSSR count). The molecule has 0 bridgehead atoms. The highest BCUT2D eigenvalue weighted by Gasteiger charge is 2.01. The Kier molecular flexibility index (Phi) is 1.78. The van der Waals surface area contributed by atoms with Gasteiger partial charge >= 0.3 is 0 Å². The van der Waals surface area contributed by atoms with Gasteiger partial charge in [-0.1, -0.05) is 0 Å². The lowest BCUT2D eigenvalue weighted by molar-refractivity contribution is 1.18. The second kappa shape index (κ2) is 2.58. The maximum absolute atomic E-state index is 4.06. The van der Waals surface area contributed by atoms with Gasteiger partial charge in [0.25, 0.3) is 0 Å². The fourth-order valence-corrected chi connectivity index (χ4v) is 0.736. The molecule has 0 aromatic carbocycles. The molecule has 1 aliphatic heterocycles. The van der Waals surface area contributed by atoms with Crippen molar-refractivity contribution in [2.75, 3.05) is 0 Å². The van der Waals surface area contributed by atoms with Crippen molar-refractivity contribution in [2.45, 2.75) is 20.3 Å². The summed E-state index contributed by atoms with van der Waals surface area (Å²) in [5.41, 5.74) is 1.26. The van der Waals surface area contributed by atoms with Crippen molar-refractivity contribution in [3.05, 3.63) is 11.4 Å². The fraction of sp³-hybridized carbons (Fsp3) is 0.429. The van der Waals surface area contributed by atoms with E-state index >= 15 is 0 Å². The second-order valence-electron chi connectivity index (χ2n) is 2.01. The highest BCUT2D eigenvalue weighted by molar-refractivity contribution is 5.68. The van der Waals surface area contributed by atoms with E-state index in [0.717, 1.165) is 12.2 Å². The van der Waals surface area contributed by atoms with Gasteiger partial charge in [0, 0.05) is 18.9 Å². The van der Waals surface area contributed by atoms with Crippen LogP contribution in [0.1, 0.15) is 20.3 Å². The van der Waals surface area contributed by atoms with Gasteiger partial charge in [0.1, 0.15) is 5.82 Å². The number of hydrogen-bond acceptors (Lipinski definition) is 2. The molecule has 0 amide bonds. The molecule has 2 nitrogen and oxygen atoms in total. The van der Waals surface area contributed by atoms with Crippen LogP contribution < -0.4 is 0 Å². The van der Waals surface area contributed by atoms with Crippen LogP contribution >= 0.6 is 0 Å². The third-order valence-electron chi connectivity index (χ3n) is 1.24. The first-order chi connectivity index (χ1) is 4.34. The Hall–Kier alpha value is -0.920. The van der Waals surface area contributed by atoms with E-state index < -0.39 is 0 Å². The molecule has 0 unspecified atom stereocenters. The first-order valence-electron chi connectivity index (χ1n) is 3.05. The minimum Gasteiger partial charge on any atom is -0.242 e. The summed E-state index contributed by atoms with van der Waals surface area (Å²) in [4.78, 5) is 8.12. The predicted octanol–water partition coefficient (Wildman–Crippen LogP) is 1.78. The van der Waals surface area contributed by atoms with Gasteiger partial charge in [-0.25, -0.2) is 9.98 Å². The Labute approximate surface area is 55.0 Å². The normalized spacial score (nSPS) is 18.4. The standard InChI is InChI=1S/C7H10N2/c1-3-8-7-6(2)4-5-9-7/h3,5H,4H2,1-2H3. The summed E-state index contributed by atoms with van der Waals surface area (Å²) < 4.78 is 0. The van der Waals surface area contributed by atoms with E-state index in [1.54, 1.807) is 6.21 Å². The van der Waals surface area contributed by atoms with Crippen molar-refractivity contribution in [1.82, 2.24) is 0 Å². The summed E-state index contributed by atoms with van der Waals surface area (Å²) in [7, 11) is 0. The van der Waals surface area contributed by atoms with Crippen LogP contribution in [0.15, 0.2) is 21.4 Å². The zero-order chi connectivity index (χ0) is 6.69. The van der Waals surface area contributed by atoms with Gasteiger partial charge in [-0.15, -0.1) is 0 Å². The number of allylic oxidation sites excluding steroid dienone is 1. The molecule has 0 fully saturated rings. The van der Waals surface area contributed by atoms with E-state index in [-0.39, 0.29) is 0 Å². The Morgan fingerprint density at radius 3 is 3.00 bits per heavy atom. The molecular weight excluding hydrogens is 112 g/mol. The topological polar surface area (TPSA) is 24.7 Å². The lowest BCUT2D eigenvalue weighted by Crippen LogP contribution is -1.73. The van der Waals surface area contributed by atoms with Gasteiger partial charge in [0.15, 0.2) is 0 Å². The molecule has 0 saturated carbocycles. The van der Waals surface area contributed by atoms with E-state index in [1.165, 1.54) is 5.57 Å². The van der Waals surface area contributed by atoms with Crippen LogP contribution in [-0.2, 0) is 0 Å². The average molecular weight is 122 g/mol. The molecule has 0 aromatic rings. The van der Waals surface area contributed by atoms with Gasteiger partial charge in [-0.2, -0.15) is 0 Å². The zero-order valence-corrected chi connectivity index (χ0v) is 5.76. The average Bonchev–Trinajstić information content (AvgIpc) is 2.18. The molecule has 0 aliphatic carbocycles. The minimum absolute atomic E-state index is 0.887. The zero-order valence-electron chi connectivity index (χ0n) is 5.76. The summed E-state index contributed by atoms with van der Waals surface area (Å²) in [5.74, 6) is 0.887. The molecule has 2 heteroatoms. The highest BCUT2D eigenvalue weighted by atomic mass is 15.0. The van der Waals surface area contributed by atoms with Gasteiger partial charge in [-0.05, 0) is 19.4 Å². The van der Waals surface area contributed by atoms with Crippen molar-refractivity contribution in [3.8, 4) is 0 Å². The maximum atomic E-state index is 4.06. The molecule has 0 saturated heterocycles. The van der Waals surface area contributed by atoms with Crippen molar-refractivity contribution in [3.63, 3.8) is 0 Å². The van der Waals surface area contributed by atoms with E-state index in [0.29, 0.717) is 0 Å². The van der Waals surface area contributed by atoms with Crippen LogP contribution in [0.25, 0.3) is 0 Å². The first kappa shape index (κ1) is 6.20. The lowest BCUT2D eigenvalue weighted by atomic mass is 10.3. The van der Waals surface area contributed by atoms with Gasteiger partial charge in [-0.3, -0.25) is 0 Å². The molecule has 1 heterocycles. The van der Waals surface area contributed by atoms with Gasteiger partial charge < -0.3 is 0 Å². The maximum Gasteiger partial charge on any atom is 0.150 e. The van der Waals surface area contributed by atoms with E-state index in [1.807, 2.05) is 13.1 Å². The largest absolute Gasteiger partial charge is 0.242 e. The Morgan fingerprint density at radius 2 is 2.56 bits per heavy atom. The number of nitrogens with zero attached hydrogens (tertiary/aromatic N) is 2. The Bertz CT molecular complexity index is 187. The molecule has 48 valence electrons. The van der Waals surface area contributed by atoms with E-state index in [4.69, 9.17) is 0 Å². The molecule has 0 N–H and O–H groups in total. The summed E-state index contributed by atoms with van der Waals surface area (Å²) in [6, 6.07) is 0. The van der Waals surface area contributed by atoms with Crippen LogP contribution in [0.3, 0.4) is 0 Å². The summed E-state index contributed by atoms with van der Waals surface area (Å²) in [6.45, 7) is 3.95. The monoisotopic (exact) mass is 122 g/mol. The van der Waals surface area contributed by atoms with Crippen molar-refractivity contribution in [1.29, 1.82) is 0 Å². The van der Waals surface area contributed by atoms with E-state index in [9.17, 15) is 0 Å². The van der Waals surface area contributed by atoms with Crippen LogP contribution in [0.4, 0.5) is 0 Å². The molecule has 0 atom stereocenters. The molecule has 0 spiro atoms. The quantitative estimate of drug-likeness (QED) is 0.474. The van der Waals surface area contributed by atoms with Gasteiger partial charge in [0.2, 0.25) is 0 Å². The van der Waals surface area contributed by atoms with Crippen LogP contribution in [0.2, 0.25) is 0 Å². The smallest absolute Gasteiger partial charge is 0.150 e. The number of aliphatic imine (C=N–C) groups is 2. The van der Waals surface area contributed by atoms with Gasteiger partial charge in [0.05, 0.1) is 0 Å².